The van der Waals surface area contributed by atoms with Gasteiger partial charge in [-0.05, 0) is 30.9 Å². The van der Waals surface area contributed by atoms with E-state index in [0.29, 0.717) is 18.3 Å². The Bertz CT molecular complexity index is 919. The largest absolute Gasteiger partial charge is 0.453 e. The second-order valence-corrected chi connectivity index (χ2v) is 7.14. The van der Waals surface area contributed by atoms with Crippen LogP contribution in [-0.2, 0) is 27.3 Å². The average Bonchev–Trinajstić information content (AvgIpc) is 3.37. The first-order valence-corrected chi connectivity index (χ1v) is 9.83. The van der Waals surface area contributed by atoms with Crippen molar-refractivity contribution in [3.05, 3.63) is 58.1 Å². The molecule has 1 atom stereocenters. The highest BCUT2D eigenvalue weighted by atomic mass is 32.1. The predicted molar refractivity (Wildman–Crippen MR) is 105 cm³/mol. The van der Waals surface area contributed by atoms with Gasteiger partial charge in [-0.25, -0.2) is 0 Å². The van der Waals surface area contributed by atoms with Crippen LogP contribution in [-0.4, -0.2) is 28.1 Å². The van der Waals surface area contributed by atoms with Gasteiger partial charge in [0.2, 0.25) is 11.7 Å². The fourth-order valence-corrected chi connectivity index (χ4v) is 3.06. The van der Waals surface area contributed by atoms with Gasteiger partial charge in [0.05, 0.1) is 6.42 Å². The zero-order chi connectivity index (χ0) is 19.9. The zero-order valence-corrected chi connectivity index (χ0v) is 16.5. The van der Waals surface area contributed by atoms with E-state index >= 15 is 0 Å². The fraction of sp³-hybridized carbons (Fsp3) is 0.300. The topological polar surface area (TPSA) is 94.3 Å². The van der Waals surface area contributed by atoms with Gasteiger partial charge in [0, 0.05) is 23.9 Å². The van der Waals surface area contributed by atoms with E-state index in [-0.39, 0.29) is 18.7 Å². The molecule has 1 N–H and O–H groups in total. The summed E-state index contributed by atoms with van der Waals surface area (Å²) in [4.78, 5) is 28.3. The molecule has 0 spiro atoms. The lowest BCUT2D eigenvalue weighted by molar-refractivity contribution is -0.154. The molecule has 0 radical (unpaired) electrons. The highest BCUT2D eigenvalue weighted by Crippen LogP contribution is 2.19. The first-order chi connectivity index (χ1) is 13.5. The van der Waals surface area contributed by atoms with Gasteiger partial charge >= 0.3 is 5.97 Å². The first-order valence-electron chi connectivity index (χ1n) is 8.89. The molecule has 0 saturated heterocycles. The Hall–Kier alpha value is -3.00. The molecule has 0 saturated carbocycles. The standard InChI is InChI=1S/C20H21N3O4S/c1-13-3-5-15(6-4-13)11-21-20(25)14(2)26-18(24)8-7-17-22-19(23-27-17)16-9-10-28-12-16/h3-6,9-10,12,14H,7-8,11H2,1-2H3,(H,21,25)/t14-/m0/s1. The van der Waals surface area contributed by atoms with Crippen LogP contribution in [0.2, 0.25) is 0 Å². The number of hydrogen-bond acceptors (Lipinski definition) is 7. The quantitative estimate of drug-likeness (QED) is 0.584. The van der Waals surface area contributed by atoms with E-state index in [0.717, 1.165) is 16.7 Å². The summed E-state index contributed by atoms with van der Waals surface area (Å²) in [5.41, 5.74) is 3.01. The van der Waals surface area contributed by atoms with Crippen molar-refractivity contribution in [2.24, 2.45) is 0 Å². The van der Waals surface area contributed by atoms with Gasteiger partial charge in [-0.1, -0.05) is 35.0 Å². The van der Waals surface area contributed by atoms with Crippen molar-refractivity contribution < 1.29 is 18.8 Å². The summed E-state index contributed by atoms with van der Waals surface area (Å²) < 4.78 is 10.3. The molecule has 28 heavy (non-hydrogen) atoms. The van der Waals surface area contributed by atoms with Crippen LogP contribution < -0.4 is 5.32 Å². The molecule has 0 bridgehead atoms. The summed E-state index contributed by atoms with van der Waals surface area (Å²) in [5.74, 6) is 0.0165. The maximum atomic E-state index is 12.1. The first kappa shape index (κ1) is 19.8. The van der Waals surface area contributed by atoms with E-state index in [1.54, 1.807) is 18.3 Å². The Morgan fingerprint density at radius 3 is 2.75 bits per heavy atom. The summed E-state index contributed by atoms with van der Waals surface area (Å²) in [5, 5.41) is 10.5. The predicted octanol–water partition coefficient (Wildman–Crippen LogP) is 3.29. The third-order valence-corrected chi connectivity index (χ3v) is 4.74. The van der Waals surface area contributed by atoms with Crippen molar-refractivity contribution in [3.8, 4) is 11.4 Å². The second kappa shape index (κ2) is 9.27. The Balaban J connectivity index is 1.41. The molecule has 3 rings (SSSR count). The Morgan fingerprint density at radius 2 is 2.04 bits per heavy atom. The SMILES string of the molecule is Cc1ccc(CNC(=O)[C@H](C)OC(=O)CCc2nc(-c3ccsc3)no2)cc1. The van der Waals surface area contributed by atoms with Crippen LogP contribution >= 0.6 is 11.3 Å². The summed E-state index contributed by atoms with van der Waals surface area (Å²) >= 11 is 1.54. The highest BCUT2D eigenvalue weighted by molar-refractivity contribution is 7.08. The van der Waals surface area contributed by atoms with Gasteiger partial charge in [-0.15, -0.1) is 0 Å². The lowest BCUT2D eigenvalue weighted by Gasteiger charge is -2.13. The Labute approximate surface area is 166 Å². The Kier molecular flexibility index (Phi) is 6.54. The number of thiophene rings is 1. The molecule has 0 aliphatic rings. The summed E-state index contributed by atoms with van der Waals surface area (Å²) in [6, 6.07) is 9.74. The van der Waals surface area contributed by atoms with Crippen molar-refractivity contribution >= 4 is 23.2 Å². The molecule has 2 heterocycles. The van der Waals surface area contributed by atoms with Crippen molar-refractivity contribution in [1.82, 2.24) is 15.5 Å². The van der Waals surface area contributed by atoms with Crippen LogP contribution in [0.15, 0.2) is 45.6 Å². The lowest BCUT2D eigenvalue weighted by Crippen LogP contribution is -2.35. The average molecular weight is 399 g/mol. The monoisotopic (exact) mass is 399 g/mol. The van der Waals surface area contributed by atoms with E-state index in [2.05, 4.69) is 15.5 Å². The van der Waals surface area contributed by atoms with E-state index in [4.69, 9.17) is 9.26 Å². The van der Waals surface area contributed by atoms with Gasteiger partial charge in [0.25, 0.3) is 5.91 Å². The second-order valence-electron chi connectivity index (χ2n) is 6.36. The molecule has 0 unspecified atom stereocenters. The number of hydrogen-bond donors (Lipinski definition) is 1. The van der Waals surface area contributed by atoms with Crippen LogP contribution in [0, 0.1) is 6.92 Å². The van der Waals surface area contributed by atoms with E-state index in [1.807, 2.05) is 48.0 Å². The molecule has 7 nitrogen and oxygen atoms in total. The van der Waals surface area contributed by atoms with Gasteiger partial charge in [-0.3, -0.25) is 9.59 Å². The van der Waals surface area contributed by atoms with Crippen LogP contribution in [0.25, 0.3) is 11.4 Å². The van der Waals surface area contributed by atoms with E-state index in [1.165, 1.54) is 0 Å². The zero-order valence-electron chi connectivity index (χ0n) is 15.7. The number of aryl methyl sites for hydroxylation is 2. The molecule has 146 valence electrons. The van der Waals surface area contributed by atoms with Crippen molar-refractivity contribution in [2.75, 3.05) is 0 Å². The molecule has 1 aromatic carbocycles. The van der Waals surface area contributed by atoms with Gasteiger partial charge in [0.1, 0.15) is 0 Å². The van der Waals surface area contributed by atoms with Crippen molar-refractivity contribution in [1.29, 1.82) is 0 Å². The third-order valence-electron chi connectivity index (χ3n) is 4.06. The maximum absolute atomic E-state index is 12.1. The smallest absolute Gasteiger partial charge is 0.307 e. The van der Waals surface area contributed by atoms with Gasteiger partial charge < -0.3 is 14.6 Å². The van der Waals surface area contributed by atoms with Crippen LogP contribution in [0.3, 0.4) is 0 Å². The summed E-state index contributed by atoms with van der Waals surface area (Å²) in [6.07, 6.45) is -0.559. The normalized spacial score (nSPS) is 11.8. The molecule has 0 aliphatic carbocycles. The number of benzene rings is 1. The number of nitrogens with one attached hydrogen (secondary N) is 1. The number of rotatable bonds is 8. The minimum absolute atomic E-state index is 0.0564. The van der Waals surface area contributed by atoms with E-state index < -0.39 is 12.1 Å². The number of nitrogens with zero attached hydrogens (tertiary/aromatic N) is 2. The number of ether oxygens (including phenoxy) is 1. The minimum Gasteiger partial charge on any atom is -0.453 e. The molecule has 0 aliphatic heterocycles. The number of esters is 1. The number of carbonyl (C=O) groups excluding carboxylic acids is 2. The Morgan fingerprint density at radius 1 is 1.25 bits per heavy atom. The van der Waals surface area contributed by atoms with Crippen molar-refractivity contribution in [3.63, 3.8) is 0 Å². The molecule has 3 aromatic rings. The van der Waals surface area contributed by atoms with Crippen molar-refractivity contribution in [2.45, 2.75) is 39.3 Å². The third kappa shape index (κ3) is 5.50. The number of amides is 1. The molecular formula is C20H21N3O4S. The van der Waals surface area contributed by atoms with Crippen LogP contribution in [0.5, 0.6) is 0 Å². The lowest BCUT2D eigenvalue weighted by atomic mass is 10.1. The number of carbonyl (C=O) groups is 2. The minimum atomic E-state index is -0.873. The number of aromatic nitrogens is 2. The van der Waals surface area contributed by atoms with Gasteiger partial charge in [-0.2, -0.15) is 16.3 Å². The van der Waals surface area contributed by atoms with Gasteiger partial charge in [0.15, 0.2) is 6.10 Å². The summed E-state index contributed by atoms with van der Waals surface area (Å²) in [7, 11) is 0. The maximum Gasteiger partial charge on any atom is 0.307 e. The van der Waals surface area contributed by atoms with Crippen LogP contribution in [0.4, 0.5) is 0 Å². The highest BCUT2D eigenvalue weighted by Gasteiger charge is 2.18. The van der Waals surface area contributed by atoms with E-state index in [9.17, 15) is 9.59 Å². The molecule has 1 amide bonds. The fourth-order valence-electron chi connectivity index (χ4n) is 2.42. The molecular weight excluding hydrogens is 378 g/mol. The van der Waals surface area contributed by atoms with Crippen LogP contribution in [0.1, 0.15) is 30.4 Å². The molecule has 2 aromatic heterocycles. The summed E-state index contributed by atoms with van der Waals surface area (Å²) in [6.45, 7) is 3.93. The molecule has 8 heteroatoms. The molecule has 0 fully saturated rings.